The summed E-state index contributed by atoms with van der Waals surface area (Å²) in [6.45, 7) is 12.1. The number of carbonyl (C=O) groups excluding carboxylic acids is 6. The summed E-state index contributed by atoms with van der Waals surface area (Å²) in [6.07, 6.45) is -1.26. The first-order valence-electron chi connectivity index (χ1n) is 16.7. The molecule has 0 aromatic carbocycles. The van der Waals surface area contributed by atoms with Gasteiger partial charge in [0, 0.05) is 19.5 Å². The van der Waals surface area contributed by atoms with Gasteiger partial charge in [-0.25, -0.2) is 9.59 Å². The average molecular weight is 686 g/mol. The van der Waals surface area contributed by atoms with Gasteiger partial charge in [0.25, 0.3) is 5.91 Å². The number of esters is 1. The molecule has 1 saturated heterocycles. The van der Waals surface area contributed by atoms with Crippen LogP contribution in [0.25, 0.3) is 0 Å². The smallest absolute Gasteiger partial charge is 0.389 e. The molecule has 15 heteroatoms. The van der Waals surface area contributed by atoms with E-state index in [1.807, 2.05) is 0 Å². The minimum atomic E-state index is -4.65. The first kappa shape index (κ1) is 38.8. The van der Waals surface area contributed by atoms with Crippen molar-refractivity contribution >= 4 is 35.5 Å². The third-order valence-electron chi connectivity index (χ3n) is 8.84. The number of halogens is 3. The highest BCUT2D eigenvalue weighted by Gasteiger charge is 2.46. The van der Waals surface area contributed by atoms with Crippen molar-refractivity contribution in [1.29, 1.82) is 0 Å². The summed E-state index contributed by atoms with van der Waals surface area (Å²) in [7, 11) is 0. The summed E-state index contributed by atoms with van der Waals surface area (Å²) in [5, 5.41) is 9.80. The molecule has 0 spiro atoms. The Hall–Kier alpha value is -3.65. The van der Waals surface area contributed by atoms with Gasteiger partial charge in [-0.1, -0.05) is 40.7 Å². The van der Waals surface area contributed by atoms with E-state index < -0.39 is 84.1 Å². The topological polar surface area (TPSA) is 163 Å². The molecule has 0 radical (unpaired) electrons. The van der Waals surface area contributed by atoms with Gasteiger partial charge in [-0.05, 0) is 68.1 Å². The van der Waals surface area contributed by atoms with Crippen molar-refractivity contribution in [3.63, 3.8) is 0 Å². The lowest BCUT2D eigenvalue weighted by Crippen LogP contribution is -2.61. The van der Waals surface area contributed by atoms with E-state index in [1.165, 1.54) is 11.0 Å². The number of ether oxygens (including phenoxy) is 1. The van der Waals surface area contributed by atoms with Crippen LogP contribution in [0.2, 0.25) is 0 Å². The van der Waals surface area contributed by atoms with Crippen molar-refractivity contribution in [3.05, 3.63) is 12.7 Å². The Balaban J connectivity index is 1.71. The summed E-state index contributed by atoms with van der Waals surface area (Å²) >= 11 is 0. The largest absolute Gasteiger partial charge is 0.460 e. The van der Waals surface area contributed by atoms with Crippen LogP contribution in [0.5, 0.6) is 0 Å². The minimum Gasteiger partial charge on any atom is -0.460 e. The number of carbonyl (C=O) groups is 6. The van der Waals surface area contributed by atoms with Crippen molar-refractivity contribution in [2.24, 2.45) is 23.2 Å². The van der Waals surface area contributed by atoms with Gasteiger partial charge in [-0.2, -0.15) is 13.2 Å². The number of ketones is 1. The molecule has 12 nitrogen and oxygen atoms in total. The van der Waals surface area contributed by atoms with Gasteiger partial charge in [0.2, 0.25) is 17.6 Å². The number of amides is 5. The number of likely N-dealkylation sites (tertiary alicyclic amines) is 1. The van der Waals surface area contributed by atoms with Gasteiger partial charge in [-0.15, -0.1) is 6.58 Å². The van der Waals surface area contributed by atoms with Crippen molar-refractivity contribution in [2.75, 3.05) is 13.1 Å². The third kappa shape index (κ3) is 11.2. The second kappa shape index (κ2) is 16.2. The van der Waals surface area contributed by atoms with Crippen LogP contribution in [0.4, 0.5) is 18.0 Å². The standard InChI is InChI=1S/C33H50F3N5O7/c1-7-16-37-28(44)24(42)21(14-15-33(34,35)36)38-27(43)22-9-8-17-41(22)29(45)26(32(4,5)6)40-31(47)39-23(18(2)3)30(46)48-25(19-10-11-19)20-12-13-20/h7,18-23,25-26H,1,8-17H2,2-6H3,(H,37,44)(H,38,43)(H2,39,40,47). The Labute approximate surface area is 279 Å². The Morgan fingerprint density at radius 1 is 0.938 bits per heavy atom. The molecule has 1 aliphatic heterocycles. The van der Waals surface area contributed by atoms with Crippen LogP contribution < -0.4 is 21.3 Å². The van der Waals surface area contributed by atoms with Crippen LogP contribution in [0.3, 0.4) is 0 Å². The molecular formula is C33H50F3N5O7. The molecule has 3 rings (SSSR count). The molecule has 2 saturated carbocycles. The van der Waals surface area contributed by atoms with E-state index in [1.54, 1.807) is 34.6 Å². The summed E-state index contributed by atoms with van der Waals surface area (Å²) in [4.78, 5) is 79.9. The maximum absolute atomic E-state index is 13.9. The van der Waals surface area contributed by atoms with Crippen LogP contribution in [0.15, 0.2) is 12.7 Å². The van der Waals surface area contributed by atoms with Gasteiger partial charge in [0.1, 0.15) is 24.2 Å². The molecule has 2 aliphatic carbocycles. The zero-order valence-electron chi connectivity index (χ0n) is 28.4. The Bertz CT molecular complexity index is 1210. The van der Waals surface area contributed by atoms with E-state index >= 15 is 0 Å². The second-order valence-corrected chi connectivity index (χ2v) is 14.5. The first-order chi connectivity index (χ1) is 22.3. The molecule has 0 aromatic rings. The molecule has 3 aliphatic rings. The zero-order chi connectivity index (χ0) is 36.0. The Morgan fingerprint density at radius 2 is 1.54 bits per heavy atom. The quantitative estimate of drug-likeness (QED) is 0.110. The predicted molar refractivity (Wildman–Crippen MR) is 169 cm³/mol. The van der Waals surface area contributed by atoms with E-state index in [0.717, 1.165) is 25.7 Å². The molecule has 1 heterocycles. The Morgan fingerprint density at radius 3 is 2.04 bits per heavy atom. The van der Waals surface area contributed by atoms with Gasteiger partial charge < -0.3 is 30.9 Å². The van der Waals surface area contributed by atoms with E-state index in [4.69, 9.17) is 4.74 Å². The van der Waals surface area contributed by atoms with E-state index in [9.17, 15) is 41.9 Å². The predicted octanol–water partition coefficient (Wildman–Crippen LogP) is 3.15. The highest BCUT2D eigenvalue weighted by Crippen LogP contribution is 2.46. The molecule has 270 valence electrons. The number of hydrogen-bond donors (Lipinski definition) is 4. The fourth-order valence-electron chi connectivity index (χ4n) is 5.82. The van der Waals surface area contributed by atoms with Crippen LogP contribution >= 0.6 is 0 Å². The van der Waals surface area contributed by atoms with E-state index in [2.05, 4.69) is 27.8 Å². The molecule has 4 atom stereocenters. The molecule has 0 bridgehead atoms. The molecule has 48 heavy (non-hydrogen) atoms. The fourth-order valence-corrected chi connectivity index (χ4v) is 5.82. The summed E-state index contributed by atoms with van der Waals surface area (Å²) in [5.74, 6) is -4.09. The number of Topliss-reactive ketones (excluding diaryl/α,β-unsaturated/α-hetero) is 1. The molecule has 4 N–H and O–H groups in total. The third-order valence-corrected chi connectivity index (χ3v) is 8.84. The number of urea groups is 1. The first-order valence-corrected chi connectivity index (χ1v) is 16.7. The molecular weight excluding hydrogens is 635 g/mol. The van der Waals surface area contributed by atoms with Crippen LogP contribution in [-0.2, 0) is 28.7 Å². The van der Waals surface area contributed by atoms with Crippen LogP contribution in [-0.4, -0.2) is 89.9 Å². The fraction of sp³-hybridized carbons (Fsp3) is 0.758. The van der Waals surface area contributed by atoms with Crippen LogP contribution in [0, 0.1) is 23.2 Å². The molecule has 0 aromatic heterocycles. The van der Waals surface area contributed by atoms with Crippen molar-refractivity contribution in [1.82, 2.24) is 26.2 Å². The van der Waals surface area contributed by atoms with Gasteiger partial charge in [0.05, 0.1) is 6.04 Å². The van der Waals surface area contributed by atoms with Gasteiger partial charge in [0.15, 0.2) is 0 Å². The normalized spacial score (nSPS) is 20.0. The van der Waals surface area contributed by atoms with Gasteiger partial charge >= 0.3 is 18.2 Å². The lowest BCUT2D eigenvalue weighted by Gasteiger charge is -2.36. The SMILES string of the molecule is C=CCNC(=O)C(=O)C(CCC(F)(F)F)NC(=O)C1CCCN1C(=O)C(NC(=O)NC(C(=O)OC(C1CC1)C1CC1)C(C)C)C(C)(C)C. The van der Waals surface area contributed by atoms with E-state index in [-0.39, 0.29) is 31.5 Å². The van der Waals surface area contributed by atoms with Crippen molar-refractivity contribution in [3.8, 4) is 0 Å². The maximum atomic E-state index is 13.9. The van der Waals surface area contributed by atoms with Crippen molar-refractivity contribution < 1.29 is 46.7 Å². The van der Waals surface area contributed by atoms with Crippen LogP contribution in [0.1, 0.15) is 86.0 Å². The second-order valence-electron chi connectivity index (χ2n) is 14.5. The highest BCUT2D eigenvalue weighted by molar-refractivity contribution is 6.38. The van der Waals surface area contributed by atoms with E-state index in [0.29, 0.717) is 18.3 Å². The lowest BCUT2D eigenvalue weighted by atomic mass is 9.85. The highest BCUT2D eigenvalue weighted by atomic mass is 19.4. The lowest BCUT2D eigenvalue weighted by molar-refractivity contribution is -0.155. The molecule has 5 amide bonds. The minimum absolute atomic E-state index is 0.106. The molecule has 4 unspecified atom stereocenters. The number of hydrogen-bond acceptors (Lipinski definition) is 7. The maximum Gasteiger partial charge on any atom is 0.389 e. The Kier molecular flexibility index (Phi) is 13.1. The average Bonchev–Trinajstić information content (AvgIpc) is 3.94. The molecule has 3 fully saturated rings. The number of nitrogens with one attached hydrogen (secondary N) is 4. The number of alkyl halides is 3. The van der Waals surface area contributed by atoms with Gasteiger partial charge in [-0.3, -0.25) is 19.2 Å². The monoisotopic (exact) mass is 685 g/mol. The number of nitrogens with zero attached hydrogens (tertiary/aromatic N) is 1. The number of rotatable bonds is 16. The summed E-state index contributed by atoms with van der Waals surface area (Å²) in [5.41, 5.74) is -0.872. The summed E-state index contributed by atoms with van der Waals surface area (Å²) in [6, 6.07) is -5.87. The van der Waals surface area contributed by atoms with Crippen molar-refractivity contribution in [2.45, 2.75) is 122 Å². The summed E-state index contributed by atoms with van der Waals surface area (Å²) < 4.78 is 45.0. The zero-order valence-corrected chi connectivity index (χ0v) is 28.4.